The van der Waals surface area contributed by atoms with Crippen molar-refractivity contribution in [3.05, 3.63) is 64.2 Å². The predicted molar refractivity (Wildman–Crippen MR) is 119 cm³/mol. The molecule has 1 heterocycles. The van der Waals surface area contributed by atoms with E-state index in [1.807, 2.05) is 0 Å². The van der Waals surface area contributed by atoms with E-state index in [9.17, 15) is 19.7 Å². The molecular formula is C20H19N5O5S. The Bertz CT molecular complexity index is 1070. The smallest absolute Gasteiger partial charge is 0.269 e. The summed E-state index contributed by atoms with van der Waals surface area (Å²) in [6.45, 7) is 1.70. The molecule has 3 rings (SSSR count). The van der Waals surface area contributed by atoms with Gasteiger partial charge in [0, 0.05) is 18.6 Å². The normalized spacial score (nSPS) is 17.4. The van der Waals surface area contributed by atoms with Crippen molar-refractivity contribution in [2.24, 2.45) is 10.2 Å². The van der Waals surface area contributed by atoms with Gasteiger partial charge in [0.25, 0.3) is 5.69 Å². The van der Waals surface area contributed by atoms with Crippen molar-refractivity contribution in [3.8, 4) is 5.75 Å². The van der Waals surface area contributed by atoms with E-state index in [1.54, 1.807) is 43.3 Å². The molecule has 0 aliphatic carbocycles. The minimum absolute atomic E-state index is 0.0179. The van der Waals surface area contributed by atoms with Crippen LogP contribution in [0.5, 0.6) is 5.75 Å². The molecule has 1 aliphatic heterocycles. The number of nitro benzene ring substituents is 1. The van der Waals surface area contributed by atoms with Crippen molar-refractivity contribution in [1.82, 2.24) is 5.32 Å². The summed E-state index contributed by atoms with van der Waals surface area (Å²) in [6.07, 6.45) is -0.0430. The van der Waals surface area contributed by atoms with Crippen LogP contribution in [-0.4, -0.2) is 40.0 Å². The molecule has 0 saturated carbocycles. The lowest BCUT2D eigenvalue weighted by Gasteiger charge is -2.10. The van der Waals surface area contributed by atoms with Gasteiger partial charge in [0.2, 0.25) is 11.8 Å². The topological polar surface area (TPSA) is 135 Å². The molecule has 10 nitrogen and oxygen atoms in total. The van der Waals surface area contributed by atoms with Crippen LogP contribution in [0.1, 0.15) is 18.9 Å². The van der Waals surface area contributed by atoms with Crippen molar-refractivity contribution < 1.29 is 19.2 Å². The largest absolute Gasteiger partial charge is 0.495 e. The van der Waals surface area contributed by atoms with E-state index in [4.69, 9.17) is 4.74 Å². The second-order valence-corrected chi connectivity index (χ2v) is 7.63. The lowest BCUT2D eigenvalue weighted by Crippen LogP contribution is -2.28. The van der Waals surface area contributed by atoms with Gasteiger partial charge in [-0.25, -0.2) is 0 Å². The number of benzene rings is 2. The third-order valence-electron chi connectivity index (χ3n) is 4.32. The Morgan fingerprint density at radius 1 is 1.26 bits per heavy atom. The summed E-state index contributed by atoms with van der Waals surface area (Å²) >= 11 is 1.11. The highest BCUT2D eigenvalue weighted by atomic mass is 32.2. The first-order valence-corrected chi connectivity index (χ1v) is 10.0. The highest BCUT2D eigenvalue weighted by Crippen LogP contribution is 2.26. The zero-order chi connectivity index (χ0) is 22.4. The zero-order valence-electron chi connectivity index (χ0n) is 16.7. The Morgan fingerprint density at radius 3 is 2.65 bits per heavy atom. The van der Waals surface area contributed by atoms with Gasteiger partial charge in [-0.05, 0) is 36.8 Å². The van der Waals surface area contributed by atoms with Crippen LogP contribution in [0.25, 0.3) is 0 Å². The van der Waals surface area contributed by atoms with Crippen LogP contribution >= 0.6 is 11.8 Å². The number of nitro groups is 1. The Kier molecular flexibility index (Phi) is 6.98. The molecule has 2 amide bonds. The Balaban J connectivity index is 1.61. The van der Waals surface area contributed by atoms with Gasteiger partial charge in [-0.3, -0.25) is 19.7 Å². The standard InChI is InChI=1S/C20H19N5O5S/c1-12(13-7-9-14(10-8-13)25(28)29)23-24-20-22-19(27)17(31-20)11-18(26)21-15-5-3-4-6-16(15)30-2/h3-10,17H,11H2,1-2H3,(H,21,26)(H,22,24,27)/b23-12+. The third-order valence-corrected chi connectivity index (χ3v) is 5.39. The fourth-order valence-electron chi connectivity index (χ4n) is 2.71. The lowest BCUT2D eigenvalue weighted by molar-refractivity contribution is -0.384. The number of thioether (sulfide) groups is 1. The first-order chi connectivity index (χ1) is 14.9. The van der Waals surface area contributed by atoms with Gasteiger partial charge >= 0.3 is 0 Å². The number of nitrogens with one attached hydrogen (secondary N) is 2. The summed E-state index contributed by atoms with van der Waals surface area (Å²) < 4.78 is 5.20. The number of amidine groups is 1. The van der Waals surface area contributed by atoms with Crippen molar-refractivity contribution in [2.75, 3.05) is 12.4 Å². The number of amides is 2. The van der Waals surface area contributed by atoms with E-state index in [0.717, 1.165) is 11.8 Å². The average molecular weight is 441 g/mol. The van der Waals surface area contributed by atoms with E-state index >= 15 is 0 Å². The summed E-state index contributed by atoms with van der Waals surface area (Å²) in [5.41, 5.74) is 1.69. The highest BCUT2D eigenvalue weighted by molar-refractivity contribution is 8.15. The average Bonchev–Trinajstić information content (AvgIpc) is 3.11. The molecule has 1 aliphatic rings. The molecule has 1 saturated heterocycles. The summed E-state index contributed by atoms with van der Waals surface area (Å²) in [6, 6.07) is 12.9. The number of nitrogens with zero attached hydrogens (tertiary/aromatic N) is 3. The number of hydrogen-bond acceptors (Lipinski definition) is 8. The van der Waals surface area contributed by atoms with Crippen molar-refractivity contribution >= 4 is 45.8 Å². The monoisotopic (exact) mass is 441 g/mol. The molecule has 1 unspecified atom stereocenters. The van der Waals surface area contributed by atoms with Crippen molar-refractivity contribution in [1.29, 1.82) is 0 Å². The molecule has 1 fully saturated rings. The second kappa shape index (κ2) is 9.85. The molecule has 11 heteroatoms. The number of para-hydroxylation sites is 2. The third kappa shape index (κ3) is 5.66. The number of ether oxygens (including phenoxy) is 1. The quantitative estimate of drug-likeness (QED) is 0.385. The molecule has 160 valence electrons. The van der Waals surface area contributed by atoms with Gasteiger partial charge in [0.1, 0.15) is 11.0 Å². The second-order valence-electron chi connectivity index (χ2n) is 6.44. The van der Waals surface area contributed by atoms with Crippen LogP contribution in [0.15, 0.2) is 58.7 Å². The molecule has 0 radical (unpaired) electrons. The summed E-state index contributed by atoms with van der Waals surface area (Å²) in [5, 5.41) is 23.8. The molecule has 31 heavy (non-hydrogen) atoms. The number of hydrogen-bond donors (Lipinski definition) is 2. The number of anilines is 1. The zero-order valence-corrected chi connectivity index (χ0v) is 17.5. The number of rotatable bonds is 7. The van der Waals surface area contributed by atoms with E-state index < -0.39 is 10.2 Å². The number of carbonyl (C=O) groups excluding carboxylic acids is 2. The molecule has 0 spiro atoms. The fourth-order valence-corrected chi connectivity index (χ4v) is 3.62. The van der Waals surface area contributed by atoms with Crippen LogP contribution in [-0.2, 0) is 9.59 Å². The minimum atomic E-state index is -0.636. The Labute approximate surface area is 181 Å². The first-order valence-electron chi connectivity index (χ1n) is 9.15. The van der Waals surface area contributed by atoms with Crippen molar-refractivity contribution in [3.63, 3.8) is 0 Å². The minimum Gasteiger partial charge on any atom is -0.495 e. The highest BCUT2D eigenvalue weighted by Gasteiger charge is 2.32. The Morgan fingerprint density at radius 2 is 1.97 bits per heavy atom. The number of methoxy groups -OCH3 is 1. The molecule has 2 aromatic carbocycles. The molecule has 1 atom stereocenters. The number of carbonyl (C=O) groups is 2. The van der Waals surface area contributed by atoms with Gasteiger partial charge in [0.05, 0.1) is 23.4 Å². The van der Waals surface area contributed by atoms with Crippen LogP contribution < -0.4 is 15.4 Å². The van der Waals surface area contributed by atoms with E-state index in [1.165, 1.54) is 19.2 Å². The summed E-state index contributed by atoms with van der Waals surface area (Å²) in [4.78, 5) is 34.8. The summed E-state index contributed by atoms with van der Waals surface area (Å²) in [5.74, 6) is -0.135. The van der Waals surface area contributed by atoms with Crippen LogP contribution in [0.3, 0.4) is 0 Å². The molecule has 2 aromatic rings. The van der Waals surface area contributed by atoms with Gasteiger partial charge in [-0.2, -0.15) is 5.10 Å². The first kappa shape index (κ1) is 22.0. The fraction of sp³-hybridized carbons (Fsp3) is 0.200. The van der Waals surface area contributed by atoms with E-state index in [2.05, 4.69) is 20.8 Å². The SMILES string of the molecule is COc1ccccc1NC(=O)CC1S/C(=N\N=C(/C)c2ccc([N+](=O)[O-])cc2)NC1=O. The van der Waals surface area contributed by atoms with E-state index in [0.29, 0.717) is 22.7 Å². The van der Waals surface area contributed by atoms with Gasteiger partial charge in [0.15, 0.2) is 5.17 Å². The molecule has 0 aromatic heterocycles. The van der Waals surface area contributed by atoms with E-state index in [-0.39, 0.29) is 29.1 Å². The molecule has 2 N–H and O–H groups in total. The van der Waals surface area contributed by atoms with Crippen LogP contribution in [0.2, 0.25) is 0 Å². The maximum absolute atomic E-state index is 12.3. The van der Waals surface area contributed by atoms with Crippen LogP contribution in [0.4, 0.5) is 11.4 Å². The molecular weight excluding hydrogens is 422 g/mol. The molecule has 0 bridgehead atoms. The maximum Gasteiger partial charge on any atom is 0.269 e. The van der Waals surface area contributed by atoms with Gasteiger partial charge in [-0.1, -0.05) is 23.9 Å². The maximum atomic E-state index is 12.3. The van der Waals surface area contributed by atoms with Gasteiger partial charge in [-0.15, -0.1) is 5.10 Å². The van der Waals surface area contributed by atoms with Crippen molar-refractivity contribution in [2.45, 2.75) is 18.6 Å². The number of non-ortho nitro benzene ring substituents is 1. The Hall–Kier alpha value is -3.73. The van der Waals surface area contributed by atoms with Gasteiger partial charge < -0.3 is 15.4 Å². The lowest BCUT2D eigenvalue weighted by atomic mass is 10.1. The predicted octanol–water partition coefficient (Wildman–Crippen LogP) is 2.94. The summed E-state index contributed by atoms with van der Waals surface area (Å²) in [7, 11) is 1.51. The van der Waals surface area contributed by atoms with Crippen LogP contribution in [0, 0.1) is 10.1 Å².